The predicted molar refractivity (Wildman–Crippen MR) is 83.6 cm³/mol. The van der Waals surface area contributed by atoms with Gasteiger partial charge >= 0.3 is 0 Å². The lowest BCUT2D eigenvalue weighted by molar-refractivity contribution is -0.113. The summed E-state index contributed by atoms with van der Waals surface area (Å²) < 4.78 is 31.0. The summed E-state index contributed by atoms with van der Waals surface area (Å²) in [5.74, 6) is -0.0316. The Balaban J connectivity index is 2.37. The van der Waals surface area contributed by atoms with E-state index < -0.39 is 20.0 Å². The zero-order chi connectivity index (χ0) is 14.8. The van der Waals surface area contributed by atoms with E-state index in [4.69, 9.17) is 0 Å². The van der Waals surface area contributed by atoms with Gasteiger partial charge in [-0.3, -0.25) is 9.35 Å². The van der Waals surface area contributed by atoms with Crippen molar-refractivity contribution in [3.05, 3.63) is 48.6 Å². The van der Waals surface area contributed by atoms with Gasteiger partial charge in [0, 0.05) is 5.75 Å². The fourth-order valence-corrected chi connectivity index (χ4v) is 7.30. The van der Waals surface area contributed by atoms with E-state index in [1.807, 2.05) is 30.3 Å². The van der Waals surface area contributed by atoms with E-state index >= 15 is 0 Å². The summed E-state index contributed by atoms with van der Waals surface area (Å²) in [6, 6.07) is 9.08. The van der Waals surface area contributed by atoms with Crippen LogP contribution in [0.25, 0.3) is 0 Å². The molecule has 4 nitrogen and oxygen atoms in total. The fourth-order valence-electron chi connectivity index (χ4n) is 2.02. The van der Waals surface area contributed by atoms with E-state index in [2.05, 4.69) is 6.58 Å². The predicted octanol–water partition coefficient (Wildman–Crippen LogP) is 2.33. The van der Waals surface area contributed by atoms with Gasteiger partial charge in [-0.25, -0.2) is 0 Å². The molecule has 0 aromatic heterocycles. The maximum absolute atomic E-state index is 11.7. The first-order chi connectivity index (χ1) is 9.36. The van der Waals surface area contributed by atoms with Crippen LogP contribution in [0.4, 0.5) is 0 Å². The third-order valence-corrected chi connectivity index (χ3v) is 7.71. The highest BCUT2D eigenvalue weighted by atomic mass is 32.2. The smallest absolute Gasteiger partial charge is 0.267 e. The van der Waals surface area contributed by atoms with Crippen LogP contribution < -0.4 is 0 Å². The number of carbonyl (C=O) groups excluding carboxylic acids is 1. The Morgan fingerprint density at radius 2 is 2.10 bits per heavy atom. The van der Waals surface area contributed by atoms with Gasteiger partial charge in [0.15, 0.2) is 5.78 Å². The highest BCUT2D eigenvalue weighted by molar-refractivity contribution is 8.22. The second kappa shape index (κ2) is 5.93. The van der Waals surface area contributed by atoms with Gasteiger partial charge in [0.1, 0.15) is 9.83 Å². The molecule has 1 aromatic rings. The van der Waals surface area contributed by atoms with Crippen LogP contribution in [0.5, 0.6) is 0 Å². The van der Waals surface area contributed by atoms with Crippen molar-refractivity contribution in [1.29, 1.82) is 0 Å². The van der Waals surface area contributed by atoms with E-state index in [0.29, 0.717) is 5.75 Å². The van der Waals surface area contributed by atoms with E-state index in [1.54, 1.807) is 0 Å². The first-order valence-electron chi connectivity index (χ1n) is 5.85. The Morgan fingerprint density at radius 3 is 2.65 bits per heavy atom. The molecule has 0 radical (unpaired) electrons. The molecule has 20 heavy (non-hydrogen) atoms. The van der Waals surface area contributed by atoms with Crippen LogP contribution in [-0.2, 0) is 19.0 Å². The molecule has 7 heteroatoms. The van der Waals surface area contributed by atoms with Gasteiger partial charge in [-0.15, -0.1) is 23.5 Å². The molecule has 0 spiro atoms. The lowest BCUT2D eigenvalue weighted by atomic mass is 10.1. The lowest BCUT2D eigenvalue weighted by Gasteiger charge is -2.26. The molecule has 0 aliphatic carbocycles. The van der Waals surface area contributed by atoms with Crippen LogP contribution in [0.3, 0.4) is 0 Å². The highest BCUT2D eigenvalue weighted by Gasteiger charge is 2.46. The standard InChI is InChI=1S/C13H14O4S3/c1-2-11(14)12-8-18-13(19-12,9-20(15,16)17)10-6-4-3-5-7-10/h2-7,12H,1,8-9H2,(H,15,16,17). The van der Waals surface area contributed by atoms with Crippen molar-refractivity contribution in [2.75, 3.05) is 11.5 Å². The molecule has 1 saturated heterocycles. The van der Waals surface area contributed by atoms with Crippen LogP contribution in [-0.4, -0.2) is 35.5 Å². The number of allylic oxidation sites excluding steroid dienone is 1. The van der Waals surface area contributed by atoms with Crippen LogP contribution in [0, 0.1) is 0 Å². The largest absolute Gasteiger partial charge is 0.294 e. The molecule has 1 aliphatic rings. The molecule has 2 rings (SSSR count). The van der Waals surface area contributed by atoms with Crippen molar-refractivity contribution in [3.63, 3.8) is 0 Å². The van der Waals surface area contributed by atoms with E-state index in [9.17, 15) is 17.8 Å². The van der Waals surface area contributed by atoms with Crippen molar-refractivity contribution < 1.29 is 17.8 Å². The Morgan fingerprint density at radius 1 is 1.45 bits per heavy atom. The van der Waals surface area contributed by atoms with Crippen molar-refractivity contribution >= 4 is 39.4 Å². The van der Waals surface area contributed by atoms with Crippen molar-refractivity contribution in [3.8, 4) is 0 Å². The molecule has 1 fully saturated rings. The van der Waals surface area contributed by atoms with E-state index in [0.717, 1.165) is 5.56 Å². The maximum Gasteiger partial charge on any atom is 0.267 e. The quantitative estimate of drug-likeness (QED) is 0.660. The van der Waals surface area contributed by atoms with Gasteiger partial charge in [0.2, 0.25) is 0 Å². The second-order valence-electron chi connectivity index (χ2n) is 4.37. The molecule has 1 aromatic carbocycles. The number of ketones is 1. The molecule has 0 saturated carbocycles. The molecular weight excluding hydrogens is 316 g/mol. The molecule has 2 atom stereocenters. The molecule has 1 aliphatic heterocycles. The maximum atomic E-state index is 11.7. The average molecular weight is 330 g/mol. The molecular formula is C13H14O4S3. The average Bonchev–Trinajstić information content (AvgIpc) is 2.82. The number of hydrogen-bond acceptors (Lipinski definition) is 5. The van der Waals surface area contributed by atoms with Crippen LogP contribution in [0.2, 0.25) is 0 Å². The fraction of sp³-hybridized carbons (Fsp3) is 0.308. The molecule has 108 valence electrons. The molecule has 0 amide bonds. The summed E-state index contributed by atoms with van der Waals surface area (Å²) in [6.07, 6.45) is 1.26. The summed E-state index contributed by atoms with van der Waals surface area (Å²) in [5.41, 5.74) is 0.784. The third kappa shape index (κ3) is 3.46. The summed E-state index contributed by atoms with van der Waals surface area (Å²) in [7, 11) is -4.15. The molecule has 2 unspecified atom stereocenters. The Kier molecular flexibility index (Phi) is 4.63. The number of rotatable bonds is 5. The summed E-state index contributed by atoms with van der Waals surface area (Å²) in [6.45, 7) is 3.46. The first-order valence-corrected chi connectivity index (χ1v) is 9.32. The normalized spacial score (nSPS) is 26.4. The van der Waals surface area contributed by atoms with E-state index in [1.165, 1.54) is 29.6 Å². The van der Waals surface area contributed by atoms with Crippen LogP contribution in [0.1, 0.15) is 5.56 Å². The van der Waals surface area contributed by atoms with Crippen molar-refractivity contribution in [2.45, 2.75) is 9.33 Å². The van der Waals surface area contributed by atoms with Crippen LogP contribution in [0.15, 0.2) is 43.0 Å². The zero-order valence-electron chi connectivity index (χ0n) is 10.6. The topological polar surface area (TPSA) is 71.4 Å². The minimum Gasteiger partial charge on any atom is -0.294 e. The summed E-state index contributed by atoms with van der Waals surface area (Å²) in [5, 5.41) is -0.334. The first kappa shape index (κ1) is 15.6. The summed E-state index contributed by atoms with van der Waals surface area (Å²) >= 11 is 2.65. The lowest BCUT2D eigenvalue weighted by Crippen LogP contribution is -2.27. The number of hydrogen-bond donors (Lipinski definition) is 1. The van der Waals surface area contributed by atoms with Gasteiger partial charge in [-0.05, 0) is 11.6 Å². The Hall–Kier alpha value is -0.760. The van der Waals surface area contributed by atoms with Crippen LogP contribution >= 0.6 is 23.5 Å². The van der Waals surface area contributed by atoms with Gasteiger partial charge in [0.25, 0.3) is 10.1 Å². The highest BCUT2D eigenvalue weighted by Crippen LogP contribution is 2.55. The van der Waals surface area contributed by atoms with Gasteiger partial charge in [0.05, 0.1) is 5.25 Å². The molecule has 0 bridgehead atoms. The monoisotopic (exact) mass is 330 g/mol. The second-order valence-corrected chi connectivity index (χ2v) is 8.90. The van der Waals surface area contributed by atoms with Gasteiger partial charge < -0.3 is 0 Å². The molecule has 1 heterocycles. The van der Waals surface area contributed by atoms with Crippen molar-refractivity contribution in [1.82, 2.24) is 0 Å². The Labute approximate surface area is 126 Å². The number of benzene rings is 1. The van der Waals surface area contributed by atoms with Gasteiger partial charge in [-0.2, -0.15) is 8.42 Å². The SMILES string of the molecule is C=CC(=O)C1CSC(CS(=O)(=O)O)(c2ccccc2)S1. The minimum absolute atomic E-state index is 0.115. The van der Waals surface area contributed by atoms with Gasteiger partial charge in [-0.1, -0.05) is 36.9 Å². The number of thioether (sulfide) groups is 2. The third-order valence-electron chi connectivity index (χ3n) is 2.91. The summed E-state index contributed by atoms with van der Waals surface area (Å²) in [4.78, 5) is 11.7. The minimum atomic E-state index is -4.15. The Bertz CT molecular complexity index is 612. The van der Waals surface area contributed by atoms with Crippen molar-refractivity contribution in [2.24, 2.45) is 0 Å². The van der Waals surface area contributed by atoms with E-state index in [-0.39, 0.29) is 11.0 Å². The molecule has 1 N–H and O–H groups in total. The zero-order valence-corrected chi connectivity index (χ0v) is 13.0. The number of carbonyl (C=O) groups is 1.